The lowest BCUT2D eigenvalue weighted by Gasteiger charge is -2.20. The Kier molecular flexibility index (Phi) is 19.3. The number of carboxylic acids is 1. The molecule has 53 heavy (non-hydrogen) atoms. The van der Waals surface area contributed by atoms with Crippen molar-refractivity contribution < 1.29 is 42.1 Å². The van der Waals surface area contributed by atoms with E-state index in [4.69, 9.17) is 43.7 Å². The highest BCUT2D eigenvalue weighted by Gasteiger charge is 2.24. The van der Waals surface area contributed by atoms with Crippen LogP contribution in [0.3, 0.4) is 0 Å². The van der Waals surface area contributed by atoms with Gasteiger partial charge in [-0.05, 0) is 71.9 Å². The Balaban J connectivity index is 0.000000443. The van der Waals surface area contributed by atoms with Crippen molar-refractivity contribution in [2.75, 3.05) is 42.9 Å². The van der Waals surface area contributed by atoms with Crippen LogP contribution in [-0.4, -0.2) is 100 Å². The van der Waals surface area contributed by atoms with Crippen molar-refractivity contribution in [2.24, 2.45) is 5.73 Å². The summed E-state index contributed by atoms with van der Waals surface area (Å²) in [6.45, 7) is 10.0. The van der Waals surface area contributed by atoms with Crippen molar-refractivity contribution in [1.29, 1.82) is 0 Å². The van der Waals surface area contributed by atoms with Gasteiger partial charge in [0.25, 0.3) is 0 Å². The SMILES string of the molecule is CCNc1nc(NC(C)(C)C)nc(SC)n1.CCOC(=O)C(Cl)Cc1cc(-n2nc(C)n(C(F)F)c2=O)c(F)cc1Cl.CP(=O)(O)CCC(N)C(=O)O. The van der Waals surface area contributed by atoms with E-state index < -0.39 is 48.8 Å². The number of nitrogens with one attached hydrogen (secondary N) is 2. The molecule has 2 aromatic heterocycles. The van der Waals surface area contributed by atoms with Gasteiger partial charge in [0.15, 0.2) is 18.3 Å². The van der Waals surface area contributed by atoms with Gasteiger partial charge in [-0.1, -0.05) is 23.4 Å². The number of nitrogens with zero attached hydrogens (tertiary/aromatic N) is 6. The number of aromatic nitrogens is 6. The van der Waals surface area contributed by atoms with Gasteiger partial charge >= 0.3 is 24.2 Å². The summed E-state index contributed by atoms with van der Waals surface area (Å²) in [4.78, 5) is 55.5. The maximum Gasteiger partial charge on any atom is 0.355 e. The zero-order valence-electron chi connectivity index (χ0n) is 30.4. The van der Waals surface area contributed by atoms with Crippen LogP contribution >= 0.6 is 42.3 Å². The molecule has 0 aliphatic carbocycles. The van der Waals surface area contributed by atoms with Crippen LogP contribution in [0.4, 0.5) is 25.1 Å². The molecular formula is C30H45Cl2F3N9O7PS. The number of nitrogens with two attached hydrogens (primary N) is 1. The van der Waals surface area contributed by atoms with Gasteiger partial charge < -0.3 is 31.1 Å². The molecule has 0 saturated carbocycles. The fourth-order valence-corrected chi connectivity index (χ4v) is 5.41. The van der Waals surface area contributed by atoms with Crippen LogP contribution in [0.5, 0.6) is 0 Å². The van der Waals surface area contributed by atoms with Gasteiger partial charge in [0.2, 0.25) is 11.9 Å². The molecule has 16 nitrogen and oxygen atoms in total. The topological polar surface area (TPSA) is 229 Å². The predicted molar refractivity (Wildman–Crippen MR) is 199 cm³/mol. The van der Waals surface area contributed by atoms with Gasteiger partial charge in [0.1, 0.15) is 22.9 Å². The fourth-order valence-electron chi connectivity index (χ4n) is 3.84. The van der Waals surface area contributed by atoms with Crippen LogP contribution in [0.15, 0.2) is 22.1 Å². The van der Waals surface area contributed by atoms with Gasteiger partial charge in [-0.3, -0.25) is 14.2 Å². The van der Waals surface area contributed by atoms with E-state index in [1.807, 2.05) is 13.2 Å². The molecule has 6 N–H and O–H groups in total. The number of halogens is 5. The number of carbonyl (C=O) groups is 2. The van der Waals surface area contributed by atoms with E-state index in [1.54, 1.807) is 6.92 Å². The first kappa shape index (κ1) is 47.6. The summed E-state index contributed by atoms with van der Waals surface area (Å²) in [5, 5.41) is 17.9. The highest BCUT2D eigenvalue weighted by molar-refractivity contribution is 7.98. The van der Waals surface area contributed by atoms with Crippen LogP contribution in [0.1, 0.15) is 59.0 Å². The van der Waals surface area contributed by atoms with Gasteiger partial charge in [-0.2, -0.15) is 28.4 Å². The minimum Gasteiger partial charge on any atom is -0.480 e. The zero-order valence-corrected chi connectivity index (χ0v) is 33.6. The Hall–Kier alpha value is -3.42. The van der Waals surface area contributed by atoms with Crippen molar-refractivity contribution in [3.8, 4) is 5.69 Å². The van der Waals surface area contributed by atoms with Gasteiger partial charge in [-0.25, -0.2) is 13.8 Å². The summed E-state index contributed by atoms with van der Waals surface area (Å²) in [6.07, 6.45) is 1.84. The summed E-state index contributed by atoms with van der Waals surface area (Å²) in [7, 11) is -3.10. The molecule has 0 fully saturated rings. The Bertz CT molecular complexity index is 1790. The molecule has 3 rings (SSSR count). The molecular weight excluding hydrogens is 789 g/mol. The Morgan fingerprint density at radius 3 is 2.25 bits per heavy atom. The predicted octanol–water partition coefficient (Wildman–Crippen LogP) is 5.17. The van der Waals surface area contributed by atoms with E-state index in [2.05, 4.69) is 51.5 Å². The number of aliphatic carboxylic acids is 1. The molecule has 3 aromatic rings. The average molecular weight is 835 g/mol. The summed E-state index contributed by atoms with van der Waals surface area (Å²) in [6, 6.07) is 0.996. The molecule has 0 aliphatic heterocycles. The number of aryl methyl sites for hydroxylation is 1. The highest BCUT2D eigenvalue weighted by Crippen LogP contribution is 2.35. The molecule has 0 bridgehead atoms. The molecule has 0 saturated heterocycles. The van der Waals surface area contributed by atoms with E-state index in [9.17, 15) is 32.1 Å². The Morgan fingerprint density at radius 1 is 1.17 bits per heavy atom. The highest BCUT2D eigenvalue weighted by atomic mass is 35.5. The maximum absolute atomic E-state index is 14.2. The van der Waals surface area contributed by atoms with E-state index in [0.29, 0.717) is 16.6 Å². The molecule has 0 amide bonds. The van der Waals surface area contributed by atoms with Crippen molar-refractivity contribution >= 4 is 66.2 Å². The number of hydrogen-bond acceptors (Lipinski definition) is 13. The first-order valence-corrected chi connectivity index (χ1v) is 20.1. The summed E-state index contributed by atoms with van der Waals surface area (Å²) < 4.78 is 56.1. The van der Waals surface area contributed by atoms with E-state index in [0.717, 1.165) is 23.8 Å². The molecule has 298 valence electrons. The normalized spacial score (nSPS) is 13.4. The second kappa shape index (κ2) is 21.5. The molecule has 0 radical (unpaired) electrons. The largest absolute Gasteiger partial charge is 0.480 e. The Morgan fingerprint density at radius 2 is 1.77 bits per heavy atom. The Labute approximate surface area is 318 Å². The minimum absolute atomic E-state index is 0.0412. The molecule has 23 heteroatoms. The third-order valence-corrected chi connectivity index (χ3v) is 8.57. The van der Waals surface area contributed by atoms with Gasteiger partial charge in [-0.15, -0.1) is 16.7 Å². The second-order valence-corrected chi connectivity index (χ2v) is 16.3. The molecule has 0 aliphatic rings. The number of carbonyl (C=O) groups excluding carboxylic acids is 1. The fraction of sp³-hybridized carbons (Fsp3) is 0.567. The van der Waals surface area contributed by atoms with E-state index in [-0.39, 0.29) is 57.8 Å². The van der Waals surface area contributed by atoms with Crippen molar-refractivity contribution in [3.63, 3.8) is 0 Å². The number of thioether (sulfide) groups is 1. The third kappa shape index (κ3) is 16.6. The summed E-state index contributed by atoms with van der Waals surface area (Å²) in [5.74, 6) is -1.83. The lowest BCUT2D eigenvalue weighted by atomic mass is 10.1. The maximum atomic E-state index is 14.2. The first-order chi connectivity index (χ1) is 24.4. The number of hydrogen-bond donors (Lipinski definition) is 5. The number of alkyl halides is 3. The van der Waals surface area contributed by atoms with Gasteiger partial charge in [0, 0.05) is 36.4 Å². The van der Waals surface area contributed by atoms with Gasteiger partial charge in [0.05, 0.1) is 6.61 Å². The van der Waals surface area contributed by atoms with E-state index in [1.165, 1.54) is 25.4 Å². The monoisotopic (exact) mass is 833 g/mol. The molecule has 3 unspecified atom stereocenters. The number of benzene rings is 1. The first-order valence-electron chi connectivity index (χ1n) is 15.8. The summed E-state index contributed by atoms with van der Waals surface area (Å²) >= 11 is 13.4. The lowest BCUT2D eigenvalue weighted by molar-refractivity contribution is -0.142. The number of rotatable bonds is 14. The summed E-state index contributed by atoms with van der Waals surface area (Å²) in [5.41, 5.74) is 3.67. The number of ether oxygens (including phenoxy) is 1. The van der Waals surface area contributed by atoms with Crippen molar-refractivity contribution in [1.82, 2.24) is 29.3 Å². The number of anilines is 2. The van der Waals surface area contributed by atoms with E-state index >= 15 is 0 Å². The molecule has 3 atom stereocenters. The van der Waals surface area contributed by atoms with Crippen LogP contribution in [-0.2, 0) is 25.3 Å². The number of carboxylic acid groups (broad SMARTS) is 1. The van der Waals surface area contributed by atoms with Crippen LogP contribution in [0.2, 0.25) is 5.02 Å². The lowest BCUT2D eigenvalue weighted by Crippen LogP contribution is -2.30. The van der Waals surface area contributed by atoms with Crippen LogP contribution in [0, 0.1) is 12.7 Å². The van der Waals surface area contributed by atoms with Crippen LogP contribution in [0.25, 0.3) is 5.69 Å². The van der Waals surface area contributed by atoms with Crippen molar-refractivity contribution in [3.05, 3.63) is 44.8 Å². The molecule has 1 aromatic carbocycles. The molecule has 2 heterocycles. The smallest absolute Gasteiger partial charge is 0.355 e. The second-order valence-electron chi connectivity index (χ2n) is 12.1. The quantitative estimate of drug-likeness (QED) is 0.0611. The molecule has 0 spiro atoms. The van der Waals surface area contributed by atoms with Crippen molar-refractivity contribution in [2.45, 2.75) is 83.0 Å². The number of esters is 1. The minimum atomic E-state index is -3.12. The zero-order chi connectivity index (χ0) is 40.8. The van der Waals surface area contributed by atoms with Crippen LogP contribution < -0.4 is 22.1 Å². The average Bonchev–Trinajstić information content (AvgIpc) is 3.33. The third-order valence-electron chi connectivity index (χ3n) is 6.25. The standard InChI is InChI=1S/C15H14Cl2F3N3O3.C10H19N5S.C5H12NO4P/c1-3-26-13(24)10(17)4-8-5-12(11(18)6-9(8)16)23-15(25)22(14(19)20)7(2)21-23;1-6-11-7-12-8(15-10(2,3)4)14-9(13-7)16-5;1-11(9,10)3-2-4(6)5(7)8/h5-6,10,14H,3-4H2,1-2H3;6H2,1-5H3,(H2,11,12,13,14,15);4H,2-3,6H2,1H3,(H,7,8)(H,9,10).